The van der Waals surface area contributed by atoms with Gasteiger partial charge in [-0.25, -0.2) is 9.37 Å². The van der Waals surface area contributed by atoms with Crippen LogP contribution in [0.25, 0.3) is 0 Å². The van der Waals surface area contributed by atoms with Gasteiger partial charge in [0.2, 0.25) is 0 Å². The van der Waals surface area contributed by atoms with E-state index < -0.39 is 0 Å². The lowest BCUT2D eigenvalue weighted by Gasteiger charge is -2.23. The third-order valence-electron chi connectivity index (χ3n) is 3.57. The van der Waals surface area contributed by atoms with Crippen molar-refractivity contribution in [2.45, 2.75) is 13.3 Å². The maximum atomic E-state index is 13.0. The highest BCUT2D eigenvalue weighted by Gasteiger charge is 2.17. The Bertz CT molecular complexity index is 567. The Hall–Kier alpha value is -1.62. The zero-order valence-electron chi connectivity index (χ0n) is 11.6. The van der Waals surface area contributed by atoms with E-state index in [1.807, 2.05) is 19.1 Å². The molecule has 0 spiro atoms. The summed E-state index contributed by atoms with van der Waals surface area (Å²) in [6.45, 7) is 5.98. The Morgan fingerprint density at radius 2 is 1.75 bits per heavy atom. The first-order valence-corrected chi connectivity index (χ1v) is 7.78. The fourth-order valence-electron chi connectivity index (χ4n) is 2.51. The summed E-state index contributed by atoms with van der Waals surface area (Å²) in [5, 5.41) is 3.21. The molecule has 2 aromatic rings. The lowest BCUT2D eigenvalue weighted by Crippen LogP contribution is -2.30. The number of hydrogen-bond donors (Lipinski definition) is 0. The number of rotatable bonds is 2. The highest BCUT2D eigenvalue weighted by atomic mass is 32.1. The van der Waals surface area contributed by atoms with Crippen LogP contribution in [0.3, 0.4) is 0 Å². The van der Waals surface area contributed by atoms with E-state index in [1.165, 1.54) is 12.1 Å². The fourth-order valence-corrected chi connectivity index (χ4v) is 3.36. The van der Waals surface area contributed by atoms with E-state index in [1.54, 1.807) is 11.3 Å². The van der Waals surface area contributed by atoms with Crippen LogP contribution in [0.4, 0.5) is 15.2 Å². The molecule has 2 heterocycles. The van der Waals surface area contributed by atoms with Crippen LogP contribution in [0.1, 0.15) is 12.1 Å². The van der Waals surface area contributed by atoms with Crippen molar-refractivity contribution in [2.75, 3.05) is 36.0 Å². The molecule has 1 aliphatic rings. The summed E-state index contributed by atoms with van der Waals surface area (Å²) in [6, 6.07) is 6.78. The molecule has 0 saturated carbocycles. The minimum absolute atomic E-state index is 0.177. The second kappa shape index (κ2) is 5.79. The summed E-state index contributed by atoms with van der Waals surface area (Å²) in [5.74, 6) is -0.177. The molecular formula is C15H18FN3S. The second-order valence-corrected chi connectivity index (χ2v) is 5.91. The molecule has 0 bridgehead atoms. The van der Waals surface area contributed by atoms with Gasteiger partial charge in [-0.2, -0.15) is 0 Å². The first kappa shape index (κ1) is 13.4. The predicted octanol–water partition coefficient (Wildman–Crippen LogP) is 3.31. The molecule has 0 unspecified atom stereocenters. The molecular weight excluding hydrogens is 273 g/mol. The molecule has 106 valence electrons. The fraction of sp³-hybridized carbons (Fsp3) is 0.400. The quantitative estimate of drug-likeness (QED) is 0.846. The van der Waals surface area contributed by atoms with Crippen molar-refractivity contribution in [2.24, 2.45) is 0 Å². The Morgan fingerprint density at radius 1 is 1.05 bits per heavy atom. The molecule has 0 aliphatic carbocycles. The SMILES string of the molecule is Cc1csc(N2CCCN(c3ccc(F)cc3)CC2)n1. The number of anilines is 2. The lowest BCUT2D eigenvalue weighted by atomic mass is 10.2. The third-order valence-corrected chi connectivity index (χ3v) is 4.58. The third kappa shape index (κ3) is 2.93. The van der Waals surface area contributed by atoms with E-state index in [-0.39, 0.29) is 5.82 Å². The number of aryl methyl sites for hydroxylation is 1. The molecule has 5 heteroatoms. The normalized spacial score (nSPS) is 16.3. The standard InChI is InChI=1S/C15H18FN3S/c1-12-11-20-15(17-12)19-8-2-7-18(9-10-19)14-5-3-13(16)4-6-14/h3-6,11H,2,7-10H2,1H3. The van der Waals surface area contributed by atoms with Crippen LogP contribution in [-0.2, 0) is 0 Å². The van der Waals surface area contributed by atoms with Crippen molar-refractivity contribution in [1.82, 2.24) is 4.98 Å². The van der Waals surface area contributed by atoms with Crippen LogP contribution >= 0.6 is 11.3 Å². The van der Waals surface area contributed by atoms with Gasteiger partial charge in [-0.1, -0.05) is 0 Å². The van der Waals surface area contributed by atoms with Gasteiger partial charge in [-0.15, -0.1) is 11.3 Å². The summed E-state index contributed by atoms with van der Waals surface area (Å²) in [5.41, 5.74) is 2.19. The number of halogens is 1. The highest BCUT2D eigenvalue weighted by Crippen LogP contribution is 2.23. The Morgan fingerprint density at radius 3 is 2.45 bits per heavy atom. The summed E-state index contributed by atoms with van der Waals surface area (Å²) in [4.78, 5) is 9.23. The molecule has 1 fully saturated rings. The van der Waals surface area contributed by atoms with Gasteiger partial charge < -0.3 is 9.80 Å². The molecule has 1 saturated heterocycles. The second-order valence-electron chi connectivity index (χ2n) is 5.08. The maximum Gasteiger partial charge on any atom is 0.185 e. The number of benzene rings is 1. The van der Waals surface area contributed by atoms with Gasteiger partial charge in [0, 0.05) is 37.2 Å². The van der Waals surface area contributed by atoms with Gasteiger partial charge >= 0.3 is 0 Å². The van der Waals surface area contributed by atoms with Crippen molar-refractivity contribution in [1.29, 1.82) is 0 Å². The first-order valence-electron chi connectivity index (χ1n) is 6.90. The van der Waals surface area contributed by atoms with Crippen LogP contribution in [0, 0.1) is 12.7 Å². The van der Waals surface area contributed by atoms with Gasteiger partial charge in [-0.3, -0.25) is 0 Å². The van der Waals surface area contributed by atoms with Crippen molar-refractivity contribution < 1.29 is 4.39 Å². The van der Waals surface area contributed by atoms with Gasteiger partial charge in [-0.05, 0) is 37.6 Å². The van der Waals surface area contributed by atoms with Crippen LogP contribution in [0.5, 0.6) is 0 Å². The first-order chi connectivity index (χ1) is 9.72. The monoisotopic (exact) mass is 291 g/mol. The number of nitrogens with zero attached hydrogens (tertiary/aromatic N) is 3. The molecule has 0 N–H and O–H groups in total. The summed E-state index contributed by atoms with van der Waals surface area (Å²) >= 11 is 1.71. The molecule has 1 aromatic heterocycles. The van der Waals surface area contributed by atoms with E-state index in [9.17, 15) is 4.39 Å². The van der Waals surface area contributed by atoms with Crippen LogP contribution < -0.4 is 9.80 Å². The Kier molecular flexibility index (Phi) is 3.87. The molecule has 1 aromatic carbocycles. The molecule has 0 radical (unpaired) electrons. The minimum atomic E-state index is -0.177. The van der Waals surface area contributed by atoms with Gasteiger partial charge in [0.05, 0.1) is 5.69 Å². The Labute approximate surface area is 122 Å². The molecule has 3 nitrogen and oxygen atoms in total. The van der Waals surface area contributed by atoms with Crippen LogP contribution in [0.2, 0.25) is 0 Å². The molecule has 1 aliphatic heterocycles. The molecule has 0 atom stereocenters. The topological polar surface area (TPSA) is 19.4 Å². The molecule has 20 heavy (non-hydrogen) atoms. The van der Waals surface area contributed by atoms with Gasteiger partial charge in [0.1, 0.15) is 5.82 Å². The van der Waals surface area contributed by atoms with Crippen molar-refractivity contribution in [3.63, 3.8) is 0 Å². The van der Waals surface area contributed by atoms with Gasteiger partial charge in [0.25, 0.3) is 0 Å². The largest absolute Gasteiger partial charge is 0.370 e. The lowest BCUT2D eigenvalue weighted by molar-refractivity contribution is 0.627. The van der Waals surface area contributed by atoms with Crippen molar-refractivity contribution in [3.8, 4) is 0 Å². The van der Waals surface area contributed by atoms with E-state index >= 15 is 0 Å². The predicted molar refractivity (Wildman–Crippen MR) is 82.3 cm³/mol. The summed E-state index contributed by atoms with van der Waals surface area (Å²) in [6.07, 6.45) is 1.09. The minimum Gasteiger partial charge on any atom is -0.370 e. The van der Waals surface area contributed by atoms with Crippen molar-refractivity contribution in [3.05, 3.63) is 41.2 Å². The zero-order valence-corrected chi connectivity index (χ0v) is 12.4. The molecule has 0 amide bonds. The van der Waals surface area contributed by atoms with E-state index in [2.05, 4.69) is 20.2 Å². The van der Waals surface area contributed by atoms with Gasteiger partial charge in [0.15, 0.2) is 5.13 Å². The summed E-state index contributed by atoms with van der Waals surface area (Å²) in [7, 11) is 0. The smallest absolute Gasteiger partial charge is 0.185 e. The highest BCUT2D eigenvalue weighted by molar-refractivity contribution is 7.13. The number of aromatic nitrogens is 1. The maximum absolute atomic E-state index is 13.0. The average Bonchev–Trinajstić information content (AvgIpc) is 2.74. The summed E-state index contributed by atoms with van der Waals surface area (Å²) < 4.78 is 13.0. The van der Waals surface area contributed by atoms with E-state index in [0.29, 0.717) is 0 Å². The number of thiazole rings is 1. The van der Waals surface area contributed by atoms with Crippen molar-refractivity contribution >= 4 is 22.2 Å². The van der Waals surface area contributed by atoms with E-state index in [4.69, 9.17) is 0 Å². The van der Waals surface area contributed by atoms with E-state index in [0.717, 1.165) is 49.1 Å². The zero-order chi connectivity index (χ0) is 13.9. The van der Waals surface area contributed by atoms with Crippen LogP contribution in [0.15, 0.2) is 29.6 Å². The molecule has 3 rings (SSSR count). The van der Waals surface area contributed by atoms with Crippen LogP contribution in [-0.4, -0.2) is 31.2 Å². The number of hydrogen-bond acceptors (Lipinski definition) is 4. The Balaban J connectivity index is 1.69. The average molecular weight is 291 g/mol.